The predicted octanol–water partition coefficient (Wildman–Crippen LogP) is 6.98. The number of carbonyl (C=O) groups is 3. The molecular formula is C45H41N9O6S5. The quantitative estimate of drug-likeness (QED) is 0.0123. The third-order valence-corrected chi connectivity index (χ3v) is 15.3. The van der Waals surface area contributed by atoms with E-state index in [2.05, 4.69) is 61.5 Å². The van der Waals surface area contributed by atoms with Gasteiger partial charge in [-0.2, -0.15) is 4.37 Å². The number of β-lactam (4-membered cyclic amide) rings is 1. The normalized spacial score (nSPS) is 16.0. The van der Waals surface area contributed by atoms with Crippen molar-refractivity contribution in [1.82, 2.24) is 24.6 Å². The molecule has 0 spiro atoms. The van der Waals surface area contributed by atoms with E-state index in [-0.39, 0.29) is 35.3 Å². The number of hydrogen-bond donors (Lipinski definition) is 4. The van der Waals surface area contributed by atoms with Crippen LogP contribution in [0.2, 0.25) is 0 Å². The number of anilines is 1. The first kappa shape index (κ1) is 45.4. The number of amidine groups is 1. The summed E-state index contributed by atoms with van der Waals surface area (Å²) in [6.07, 6.45) is 0. The van der Waals surface area contributed by atoms with Gasteiger partial charge in [0.2, 0.25) is 5.16 Å². The van der Waals surface area contributed by atoms with E-state index in [1.54, 1.807) is 36.8 Å². The summed E-state index contributed by atoms with van der Waals surface area (Å²) >= 11 is 6.55. The third kappa shape index (κ3) is 10.1. The summed E-state index contributed by atoms with van der Waals surface area (Å²) in [6, 6.07) is 36.4. The molecule has 65 heavy (non-hydrogen) atoms. The Hall–Kier alpha value is -6.19. The molecule has 332 valence electrons. The van der Waals surface area contributed by atoms with Crippen LogP contribution in [-0.4, -0.2) is 91.5 Å². The van der Waals surface area contributed by atoms with Gasteiger partial charge in [0.05, 0.1) is 12.9 Å². The fourth-order valence-corrected chi connectivity index (χ4v) is 11.8. The van der Waals surface area contributed by atoms with Crippen molar-refractivity contribution in [3.05, 3.63) is 160 Å². The van der Waals surface area contributed by atoms with Crippen molar-refractivity contribution in [1.29, 1.82) is 5.41 Å². The minimum atomic E-state index is -0.990. The molecule has 4 heterocycles. The first-order chi connectivity index (χ1) is 31.7. The van der Waals surface area contributed by atoms with Crippen molar-refractivity contribution >= 4 is 92.6 Å². The number of methoxy groups -OCH3 is 1. The summed E-state index contributed by atoms with van der Waals surface area (Å²) in [5, 5.41) is 20.3. The van der Waals surface area contributed by atoms with Gasteiger partial charge in [0, 0.05) is 16.9 Å². The number of fused-ring (bicyclic) bond motifs is 1. The lowest BCUT2D eigenvalue weighted by Crippen LogP contribution is -2.71. The van der Waals surface area contributed by atoms with Gasteiger partial charge >= 0.3 is 5.97 Å². The van der Waals surface area contributed by atoms with Crippen LogP contribution in [0.3, 0.4) is 0 Å². The Morgan fingerprint density at radius 2 is 1.57 bits per heavy atom. The topological polar surface area (TPSA) is 207 Å². The van der Waals surface area contributed by atoms with Gasteiger partial charge in [0.15, 0.2) is 15.2 Å². The van der Waals surface area contributed by atoms with Gasteiger partial charge < -0.3 is 30.7 Å². The predicted molar refractivity (Wildman–Crippen MR) is 257 cm³/mol. The van der Waals surface area contributed by atoms with E-state index in [0.717, 1.165) is 22.3 Å². The van der Waals surface area contributed by atoms with E-state index < -0.39 is 34.7 Å². The van der Waals surface area contributed by atoms with Crippen LogP contribution in [-0.2, 0) is 36.1 Å². The summed E-state index contributed by atoms with van der Waals surface area (Å²) in [4.78, 5) is 58.2. The number of rotatable bonds is 19. The van der Waals surface area contributed by atoms with E-state index in [0.29, 0.717) is 37.5 Å². The molecule has 1 unspecified atom stereocenters. The van der Waals surface area contributed by atoms with Crippen LogP contribution in [0.15, 0.2) is 147 Å². The summed E-state index contributed by atoms with van der Waals surface area (Å²) in [5.74, 6) is -0.183. The number of ether oxygens (including phenoxy) is 2. The number of esters is 1. The van der Waals surface area contributed by atoms with Gasteiger partial charge in [0.1, 0.15) is 53.6 Å². The molecule has 0 saturated carbocycles. The second-order valence-electron chi connectivity index (χ2n) is 14.3. The van der Waals surface area contributed by atoms with Crippen molar-refractivity contribution < 1.29 is 28.7 Å². The van der Waals surface area contributed by atoms with Crippen molar-refractivity contribution in [2.75, 3.05) is 36.8 Å². The number of nitrogens with one attached hydrogen (secondary N) is 3. The molecule has 8 rings (SSSR count). The Bertz CT molecular complexity index is 2620. The fraction of sp³-hybridized carbons (Fsp3) is 0.200. The van der Waals surface area contributed by atoms with Crippen LogP contribution in [0.5, 0.6) is 5.75 Å². The summed E-state index contributed by atoms with van der Waals surface area (Å²) in [5.41, 5.74) is 9.20. The van der Waals surface area contributed by atoms with Gasteiger partial charge in [0.25, 0.3) is 11.8 Å². The van der Waals surface area contributed by atoms with E-state index in [4.69, 9.17) is 30.4 Å². The Kier molecular flexibility index (Phi) is 14.5. The lowest BCUT2D eigenvalue weighted by Gasteiger charge is -2.49. The number of benzene rings is 4. The smallest absolute Gasteiger partial charge is 0.355 e. The van der Waals surface area contributed by atoms with Gasteiger partial charge in [-0.1, -0.05) is 132 Å². The van der Waals surface area contributed by atoms with Crippen molar-refractivity contribution in [2.24, 2.45) is 10.9 Å². The number of carbonyl (C=O) groups excluding carboxylic acids is 3. The van der Waals surface area contributed by atoms with Gasteiger partial charge in [-0.05, 0) is 51.5 Å². The molecule has 0 bridgehead atoms. The highest BCUT2D eigenvalue weighted by molar-refractivity contribution is 8.02. The highest BCUT2D eigenvalue weighted by atomic mass is 32.2. The largest absolute Gasteiger partial charge is 0.497 e. The van der Waals surface area contributed by atoms with Crippen LogP contribution < -0.4 is 21.1 Å². The lowest BCUT2D eigenvalue weighted by molar-refractivity contribution is -0.153. The SMILES string of the molecule is CO/N=C(\C(=O)NC1C(=O)N2C(C(=O)OCc3ccc(OC)cc3)=C(CSc3nc(SCC(=N)N)ns3)CS[C@H]12)c1csc(NC(c2ccccc2)(c2ccccc2)c2ccccc2)n1. The molecule has 20 heteroatoms. The molecule has 1 saturated heterocycles. The van der Waals surface area contributed by atoms with E-state index >= 15 is 0 Å². The monoisotopic (exact) mass is 963 g/mol. The zero-order valence-electron chi connectivity index (χ0n) is 34.8. The Morgan fingerprint density at radius 3 is 2.17 bits per heavy atom. The number of hydrogen-bond acceptors (Lipinski definition) is 17. The Morgan fingerprint density at radius 1 is 0.923 bits per heavy atom. The minimum Gasteiger partial charge on any atom is -0.497 e. The van der Waals surface area contributed by atoms with Crippen LogP contribution in [0.1, 0.15) is 27.9 Å². The van der Waals surface area contributed by atoms with Crippen LogP contribution in [0.4, 0.5) is 5.13 Å². The average Bonchev–Trinajstić information content (AvgIpc) is 4.02. The number of oxime groups is 1. The van der Waals surface area contributed by atoms with Crippen LogP contribution >= 0.6 is 58.2 Å². The third-order valence-electron chi connectivity index (χ3n) is 10.2. The second kappa shape index (κ2) is 20.8. The van der Waals surface area contributed by atoms with Crippen molar-refractivity contribution in [3.63, 3.8) is 0 Å². The molecule has 6 aromatic rings. The molecule has 0 aliphatic carbocycles. The molecule has 2 aliphatic rings. The summed E-state index contributed by atoms with van der Waals surface area (Å²) < 4.78 is 16.0. The van der Waals surface area contributed by atoms with E-state index in [1.807, 2.05) is 54.6 Å². The van der Waals surface area contributed by atoms with E-state index in [9.17, 15) is 14.4 Å². The molecule has 4 aromatic carbocycles. The zero-order valence-corrected chi connectivity index (χ0v) is 38.9. The highest BCUT2D eigenvalue weighted by Gasteiger charge is 2.55. The van der Waals surface area contributed by atoms with Crippen molar-refractivity contribution in [3.8, 4) is 5.75 Å². The van der Waals surface area contributed by atoms with Gasteiger partial charge in [-0.25, -0.2) is 14.8 Å². The molecule has 2 atom stereocenters. The number of amides is 2. The number of thioether (sulfide) groups is 3. The molecule has 2 aliphatic heterocycles. The summed E-state index contributed by atoms with van der Waals surface area (Å²) in [7, 11) is 2.90. The van der Waals surface area contributed by atoms with Gasteiger partial charge in [-0.3, -0.25) is 19.9 Å². The number of nitrogens with two attached hydrogens (primary N) is 1. The Balaban J connectivity index is 1.02. The molecule has 2 amide bonds. The molecular weight excluding hydrogens is 923 g/mol. The van der Waals surface area contributed by atoms with Crippen molar-refractivity contribution in [2.45, 2.75) is 33.1 Å². The maximum Gasteiger partial charge on any atom is 0.355 e. The van der Waals surface area contributed by atoms with Crippen LogP contribution in [0.25, 0.3) is 0 Å². The average molecular weight is 964 g/mol. The molecule has 0 radical (unpaired) electrons. The lowest BCUT2D eigenvalue weighted by atomic mass is 9.77. The Labute approximate surface area is 395 Å². The molecule has 2 aromatic heterocycles. The maximum absolute atomic E-state index is 14.1. The number of thiazole rings is 1. The zero-order chi connectivity index (χ0) is 45.3. The standard InChI is InChI=1S/C45H41N9O6S5/c1-58-32-20-18-27(19-21-32)22-60-41(57)37-28(24-64-44-50-43(53-65-44)63-26-34(46)47)23-61-40-36(39(56)54(37)40)49-38(55)35(52-59-2)33-25-62-42(48-33)51-45(29-12-6-3-7-13-29,30-14-8-4-9-15-30)31-16-10-5-11-17-31/h3-21,25,36,40H,22-24,26H2,1-2H3,(H3,46,47)(H,48,51)(H,49,55)/b52-35-/t36?,40-/m1/s1. The maximum atomic E-state index is 14.1. The minimum absolute atomic E-state index is 0.0185. The number of aromatic nitrogens is 3. The second-order valence-corrected chi connectivity index (χ2v) is 19.2. The first-order valence-electron chi connectivity index (χ1n) is 19.9. The highest BCUT2D eigenvalue weighted by Crippen LogP contribution is 2.43. The van der Waals surface area contributed by atoms with E-state index in [1.165, 1.54) is 70.2 Å². The van der Waals surface area contributed by atoms with Crippen LogP contribution in [0, 0.1) is 5.41 Å². The summed E-state index contributed by atoms with van der Waals surface area (Å²) in [6.45, 7) is -0.0373. The fourth-order valence-electron chi connectivity index (χ4n) is 7.21. The molecule has 5 N–H and O–H groups in total. The molecule has 1 fully saturated rings. The number of nitrogens with zero attached hydrogens (tertiary/aromatic N) is 5. The van der Waals surface area contributed by atoms with Gasteiger partial charge in [-0.15, -0.1) is 23.1 Å². The first-order valence-corrected chi connectivity index (χ1v) is 24.6. The molecule has 15 nitrogen and oxygen atoms in total.